The van der Waals surface area contributed by atoms with E-state index in [0.717, 1.165) is 5.56 Å². The van der Waals surface area contributed by atoms with Crippen LogP contribution in [0.5, 0.6) is 5.75 Å². The number of rotatable bonds is 5. The molecule has 3 atom stereocenters. The highest BCUT2D eigenvalue weighted by Crippen LogP contribution is 2.80. The van der Waals surface area contributed by atoms with E-state index in [1.54, 1.807) is 60.7 Å². The third-order valence-electron chi connectivity index (χ3n) is 6.69. The smallest absolute Gasteiger partial charge is 0.328 e. The molecular weight excluding hydrogens is 390 g/mol. The molecule has 0 saturated heterocycles. The maximum atomic E-state index is 13.9. The SMILES string of the molecule is CC[C@]1(C(=O)c2ccccc2)[C@H]2c3ccccc3OC(=O)[C@]21C(=O)Nc1ccccc1. The standard InChI is InChI=1S/C26H21NO4/c1-2-25(22(28)17-11-5-3-6-12-17)21-19-15-9-10-16-20(19)31-24(30)26(21,25)23(29)27-18-13-7-4-8-14-18/h3-16,21H,2H2,1H3,(H,27,29)/t21-,25-,26-/m1/s1. The van der Waals surface area contributed by atoms with Gasteiger partial charge in [0.05, 0.1) is 5.41 Å². The second kappa shape index (κ2) is 6.91. The molecule has 3 aromatic rings. The van der Waals surface area contributed by atoms with Crippen molar-refractivity contribution in [3.05, 3.63) is 96.1 Å². The fraction of sp³-hybridized carbons (Fsp3) is 0.192. The highest BCUT2D eigenvalue weighted by molar-refractivity contribution is 6.23. The van der Waals surface area contributed by atoms with E-state index in [2.05, 4.69) is 5.32 Å². The van der Waals surface area contributed by atoms with Gasteiger partial charge in [-0.15, -0.1) is 0 Å². The number of amides is 1. The molecule has 1 N–H and O–H groups in total. The van der Waals surface area contributed by atoms with Crippen LogP contribution in [-0.4, -0.2) is 17.7 Å². The van der Waals surface area contributed by atoms with E-state index >= 15 is 0 Å². The Morgan fingerprint density at radius 1 is 0.903 bits per heavy atom. The molecule has 5 rings (SSSR count). The number of nitrogens with one attached hydrogen (secondary N) is 1. The van der Waals surface area contributed by atoms with Gasteiger partial charge in [-0.3, -0.25) is 14.4 Å². The Labute approximate surface area is 180 Å². The minimum Gasteiger partial charge on any atom is -0.425 e. The highest BCUT2D eigenvalue weighted by Gasteiger charge is 2.89. The molecular formula is C26H21NO4. The van der Waals surface area contributed by atoms with Crippen molar-refractivity contribution < 1.29 is 19.1 Å². The molecule has 1 heterocycles. The number of Topliss-reactive ketones (excluding diaryl/α,β-unsaturated/α-hetero) is 1. The second-order valence-corrected chi connectivity index (χ2v) is 8.01. The average molecular weight is 411 g/mol. The molecule has 5 heteroatoms. The van der Waals surface area contributed by atoms with Crippen LogP contribution in [0.3, 0.4) is 0 Å². The van der Waals surface area contributed by atoms with E-state index in [1.165, 1.54) is 0 Å². The predicted octanol–water partition coefficient (Wildman–Crippen LogP) is 4.61. The van der Waals surface area contributed by atoms with Crippen LogP contribution in [0.25, 0.3) is 0 Å². The number of hydrogen-bond acceptors (Lipinski definition) is 4. The molecule has 1 fully saturated rings. The normalized spacial score (nSPS) is 25.6. The van der Waals surface area contributed by atoms with Gasteiger partial charge in [0.2, 0.25) is 5.91 Å². The van der Waals surface area contributed by atoms with Crippen LogP contribution in [0.2, 0.25) is 0 Å². The van der Waals surface area contributed by atoms with Gasteiger partial charge in [-0.25, -0.2) is 0 Å². The summed E-state index contributed by atoms with van der Waals surface area (Å²) in [6.07, 6.45) is 0.330. The molecule has 1 aliphatic heterocycles. The Balaban J connectivity index is 1.68. The first-order valence-corrected chi connectivity index (χ1v) is 10.3. The van der Waals surface area contributed by atoms with Crippen molar-refractivity contribution in [3.8, 4) is 5.75 Å². The van der Waals surface area contributed by atoms with Crippen LogP contribution < -0.4 is 10.1 Å². The topological polar surface area (TPSA) is 72.5 Å². The van der Waals surface area contributed by atoms with Gasteiger partial charge in [-0.1, -0.05) is 73.7 Å². The number of carbonyl (C=O) groups excluding carboxylic acids is 3. The lowest BCUT2D eigenvalue weighted by Crippen LogP contribution is -2.42. The van der Waals surface area contributed by atoms with E-state index in [9.17, 15) is 14.4 Å². The minimum absolute atomic E-state index is 0.211. The molecule has 0 radical (unpaired) electrons. The van der Waals surface area contributed by atoms with Gasteiger partial charge in [0, 0.05) is 22.7 Å². The number of para-hydroxylation sites is 2. The summed E-state index contributed by atoms with van der Waals surface area (Å²) in [7, 11) is 0. The van der Waals surface area contributed by atoms with Gasteiger partial charge in [-0.2, -0.15) is 0 Å². The van der Waals surface area contributed by atoms with E-state index in [1.807, 2.05) is 31.2 Å². The van der Waals surface area contributed by atoms with Crippen LogP contribution in [0.15, 0.2) is 84.9 Å². The summed E-state index contributed by atoms with van der Waals surface area (Å²) >= 11 is 0. The molecule has 1 amide bonds. The van der Waals surface area contributed by atoms with Gasteiger partial charge in [0.25, 0.3) is 0 Å². The fourth-order valence-electron chi connectivity index (χ4n) is 5.30. The number of benzene rings is 3. The predicted molar refractivity (Wildman–Crippen MR) is 116 cm³/mol. The van der Waals surface area contributed by atoms with Gasteiger partial charge in [0.1, 0.15) is 5.75 Å². The Morgan fingerprint density at radius 3 is 2.19 bits per heavy atom. The Morgan fingerprint density at radius 2 is 1.52 bits per heavy atom. The number of fused-ring (bicyclic) bond motifs is 3. The number of ether oxygens (including phenoxy) is 1. The van der Waals surface area contributed by atoms with Gasteiger partial charge < -0.3 is 10.1 Å². The monoisotopic (exact) mass is 411 g/mol. The van der Waals surface area contributed by atoms with Crippen molar-refractivity contribution >= 4 is 23.3 Å². The molecule has 1 saturated carbocycles. The summed E-state index contributed by atoms with van der Waals surface area (Å²) < 4.78 is 5.64. The van der Waals surface area contributed by atoms with Crippen LogP contribution in [0, 0.1) is 10.8 Å². The zero-order chi connectivity index (χ0) is 21.6. The molecule has 5 nitrogen and oxygen atoms in total. The Bertz CT molecular complexity index is 1190. The number of hydrogen-bond donors (Lipinski definition) is 1. The number of esters is 1. The number of carbonyl (C=O) groups is 3. The first-order chi connectivity index (χ1) is 15.1. The summed E-state index contributed by atoms with van der Waals surface area (Å²) in [5.74, 6) is -1.56. The molecule has 31 heavy (non-hydrogen) atoms. The first-order valence-electron chi connectivity index (χ1n) is 10.3. The van der Waals surface area contributed by atoms with Crippen molar-refractivity contribution in [2.75, 3.05) is 5.32 Å². The van der Waals surface area contributed by atoms with Crippen molar-refractivity contribution in [2.24, 2.45) is 10.8 Å². The lowest BCUT2D eigenvalue weighted by atomic mass is 9.82. The maximum Gasteiger partial charge on any atom is 0.328 e. The molecule has 0 unspecified atom stereocenters. The largest absolute Gasteiger partial charge is 0.425 e. The zero-order valence-electron chi connectivity index (χ0n) is 17.0. The summed E-state index contributed by atoms with van der Waals surface area (Å²) in [5, 5.41) is 2.86. The van der Waals surface area contributed by atoms with E-state index in [0.29, 0.717) is 23.4 Å². The molecule has 0 aromatic heterocycles. The summed E-state index contributed by atoms with van der Waals surface area (Å²) in [5.41, 5.74) is -1.06. The first kappa shape index (κ1) is 19.2. The van der Waals surface area contributed by atoms with E-state index in [4.69, 9.17) is 4.74 Å². The molecule has 1 aliphatic carbocycles. The second-order valence-electron chi connectivity index (χ2n) is 8.01. The number of anilines is 1. The van der Waals surface area contributed by atoms with Crippen molar-refractivity contribution in [3.63, 3.8) is 0 Å². The lowest BCUT2D eigenvalue weighted by Gasteiger charge is -2.23. The van der Waals surface area contributed by atoms with Crippen LogP contribution in [0.4, 0.5) is 5.69 Å². The Hall–Kier alpha value is -3.73. The molecule has 154 valence electrons. The third kappa shape index (κ3) is 2.46. The summed E-state index contributed by atoms with van der Waals surface area (Å²) in [4.78, 5) is 41.0. The summed E-state index contributed by atoms with van der Waals surface area (Å²) in [6, 6.07) is 25.0. The van der Waals surface area contributed by atoms with Crippen molar-refractivity contribution in [2.45, 2.75) is 19.3 Å². The Kier molecular flexibility index (Phi) is 4.29. The summed E-state index contributed by atoms with van der Waals surface area (Å²) in [6.45, 7) is 1.85. The van der Waals surface area contributed by atoms with Crippen molar-refractivity contribution in [1.29, 1.82) is 0 Å². The molecule has 2 aliphatic rings. The zero-order valence-corrected chi connectivity index (χ0v) is 17.0. The van der Waals surface area contributed by atoms with E-state index in [-0.39, 0.29) is 5.78 Å². The molecule has 3 aromatic carbocycles. The van der Waals surface area contributed by atoms with Crippen LogP contribution >= 0.6 is 0 Å². The van der Waals surface area contributed by atoms with Gasteiger partial charge in [0.15, 0.2) is 11.2 Å². The van der Waals surface area contributed by atoms with Gasteiger partial charge in [-0.05, 0) is 24.6 Å². The minimum atomic E-state index is -1.61. The number of ketones is 1. The highest BCUT2D eigenvalue weighted by atomic mass is 16.5. The average Bonchev–Trinajstić information content (AvgIpc) is 3.47. The van der Waals surface area contributed by atoms with Crippen LogP contribution in [-0.2, 0) is 9.59 Å². The fourth-order valence-corrected chi connectivity index (χ4v) is 5.30. The molecule has 0 bridgehead atoms. The lowest BCUT2D eigenvalue weighted by molar-refractivity contribution is -0.147. The van der Waals surface area contributed by atoms with E-state index < -0.39 is 28.6 Å². The maximum absolute atomic E-state index is 13.9. The quantitative estimate of drug-likeness (QED) is 0.288. The van der Waals surface area contributed by atoms with Gasteiger partial charge >= 0.3 is 5.97 Å². The van der Waals surface area contributed by atoms with Crippen LogP contribution in [0.1, 0.15) is 35.2 Å². The molecule has 0 spiro atoms. The third-order valence-corrected chi connectivity index (χ3v) is 6.69. The van der Waals surface area contributed by atoms with Crippen molar-refractivity contribution in [1.82, 2.24) is 0 Å².